The van der Waals surface area contributed by atoms with E-state index in [0.717, 1.165) is 0 Å². The second-order valence-electron chi connectivity index (χ2n) is 4.47. The number of hydrogen-bond acceptors (Lipinski definition) is 5. The number of Topliss-reactive ketones (excluding diaryl/α,β-unsaturated/α-hetero) is 1. The van der Waals surface area contributed by atoms with Crippen molar-refractivity contribution in [1.29, 1.82) is 0 Å². The number of hydrogen-bond donors (Lipinski definition) is 2. The van der Waals surface area contributed by atoms with Crippen LogP contribution in [0, 0.1) is 0 Å². The Morgan fingerprint density at radius 3 is 2.67 bits per heavy atom. The van der Waals surface area contributed by atoms with Crippen LogP contribution in [0.3, 0.4) is 0 Å². The standard InChI is InChI=1S/C13H19NO4/c1-9(15)8-18-12-6-4-5-10(16)13(12)11(17)7-14(2)3/h4-6,9,15-16H,7-8H2,1-3H3. The zero-order chi connectivity index (χ0) is 13.7. The normalized spacial score (nSPS) is 12.5. The summed E-state index contributed by atoms with van der Waals surface area (Å²) in [5.74, 6) is -0.0358. The van der Waals surface area contributed by atoms with Gasteiger partial charge in [-0.2, -0.15) is 0 Å². The predicted octanol–water partition coefficient (Wildman–Crippen LogP) is 0.896. The molecule has 0 radical (unpaired) electrons. The number of ketones is 1. The lowest BCUT2D eigenvalue weighted by Crippen LogP contribution is -2.23. The maximum absolute atomic E-state index is 12.0. The molecule has 0 saturated carbocycles. The van der Waals surface area contributed by atoms with Gasteiger partial charge in [-0.15, -0.1) is 0 Å². The van der Waals surface area contributed by atoms with Crippen LogP contribution in [0.1, 0.15) is 17.3 Å². The van der Waals surface area contributed by atoms with Crippen molar-refractivity contribution < 1.29 is 19.7 Å². The van der Waals surface area contributed by atoms with Gasteiger partial charge in [0.2, 0.25) is 0 Å². The monoisotopic (exact) mass is 253 g/mol. The van der Waals surface area contributed by atoms with E-state index in [1.54, 1.807) is 38.1 Å². The van der Waals surface area contributed by atoms with Gasteiger partial charge in [0.25, 0.3) is 0 Å². The third-order valence-corrected chi connectivity index (χ3v) is 2.22. The zero-order valence-electron chi connectivity index (χ0n) is 10.9. The second-order valence-corrected chi connectivity index (χ2v) is 4.47. The van der Waals surface area contributed by atoms with Crippen LogP contribution in [0.15, 0.2) is 18.2 Å². The molecule has 1 atom stereocenters. The number of rotatable bonds is 6. The SMILES string of the molecule is CC(O)COc1cccc(O)c1C(=O)CN(C)C. The Hall–Kier alpha value is -1.59. The van der Waals surface area contributed by atoms with Crippen molar-refractivity contribution in [2.24, 2.45) is 0 Å². The van der Waals surface area contributed by atoms with Crippen molar-refractivity contribution in [2.45, 2.75) is 13.0 Å². The van der Waals surface area contributed by atoms with Gasteiger partial charge in [0.15, 0.2) is 5.78 Å². The summed E-state index contributed by atoms with van der Waals surface area (Å²) >= 11 is 0. The summed E-state index contributed by atoms with van der Waals surface area (Å²) in [6.45, 7) is 1.85. The highest BCUT2D eigenvalue weighted by molar-refractivity contribution is 6.02. The van der Waals surface area contributed by atoms with E-state index in [-0.39, 0.29) is 30.2 Å². The van der Waals surface area contributed by atoms with Crippen LogP contribution < -0.4 is 4.74 Å². The highest BCUT2D eigenvalue weighted by atomic mass is 16.5. The average molecular weight is 253 g/mol. The molecule has 100 valence electrons. The van der Waals surface area contributed by atoms with Crippen LogP contribution in [0.2, 0.25) is 0 Å². The lowest BCUT2D eigenvalue weighted by molar-refractivity contribution is 0.0939. The van der Waals surface area contributed by atoms with Crippen LogP contribution in [-0.2, 0) is 0 Å². The molecule has 0 heterocycles. The minimum atomic E-state index is -0.635. The molecular weight excluding hydrogens is 234 g/mol. The third kappa shape index (κ3) is 4.01. The van der Waals surface area contributed by atoms with Gasteiger partial charge in [-0.3, -0.25) is 4.79 Å². The first-order valence-electron chi connectivity index (χ1n) is 5.72. The molecule has 5 nitrogen and oxygen atoms in total. The molecule has 5 heteroatoms. The van der Waals surface area contributed by atoms with Gasteiger partial charge >= 0.3 is 0 Å². The quantitative estimate of drug-likeness (QED) is 0.737. The van der Waals surface area contributed by atoms with Gasteiger partial charge in [-0.25, -0.2) is 0 Å². The molecule has 0 saturated heterocycles. The average Bonchev–Trinajstić information content (AvgIpc) is 2.24. The van der Waals surface area contributed by atoms with Crippen molar-refractivity contribution >= 4 is 5.78 Å². The van der Waals surface area contributed by atoms with Crippen LogP contribution in [0.25, 0.3) is 0 Å². The Bertz CT molecular complexity index is 415. The number of benzene rings is 1. The lowest BCUT2D eigenvalue weighted by atomic mass is 10.1. The molecule has 1 unspecified atom stereocenters. The molecule has 18 heavy (non-hydrogen) atoms. The zero-order valence-corrected chi connectivity index (χ0v) is 10.9. The molecular formula is C13H19NO4. The van der Waals surface area contributed by atoms with Gasteiger partial charge in [0.1, 0.15) is 23.7 Å². The van der Waals surface area contributed by atoms with Crippen LogP contribution in [-0.4, -0.2) is 54.2 Å². The summed E-state index contributed by atoms with van der Waals surface area (Å²) in [7, 11) is 3.54. The first-order valence-corrected chi connectivity index (χ1v) is 5.72. The summed E-state index contributed by atoms with van der Waals surface area (Å²) in [4.78, 5) is 13.7. The topological polar surface area (TPSA) is 70.0 Å². The van der Waals surface area contributed by atoms with Crippen LogP contribution in [0.4, 0.5) is 0 Å². The molecule has 0 amide bonds. The van der Waals surface area contributed by atoms with Gasteiger partial charge in [0, 0.05) is 0 Å². The van der Waals surface area contributed by atoms with Crippen molar-refractivity contribution in [3.05, 3.63) is 23.8 Å². The number of carbonyl (C=O) groups is 1. The highest BCUT2D eigenvalue weighted by Gasteiger charge is 2.18. The molecule has 0 bridgehead atoms. The van der Waals surface area contributed by atoms with Gasteiger partial charge in [-0.1, -0.05) is 6.07 Å². The van der Waals surface area contributed by atoms with E-state index in [2.05, 4.69) is 0 Å². The van der Waals surface area contributed by atoms with E-state index in [9.17, 15) is 15.0 Å². The third-order valence-electron chi connectivity index (χ3n) is 2.22. The number of phenols is 1. The van der Waals surface area contributed by atoms with Gasteiger partial charge < -0.3 is 19.8 Å². The van der Waals surface area contributed by atoms with Crippen molar-refractivity contribution in [3.63, 3.8) is 0 Å². The van der Waals surface area contributed by atoms with E-state index in [0.29, 0.717) is 5.75 Å². The molecule has 1 aromatic rings. The van der Waals surface area contributed by atoms with Crippen molar-refractivity contribution in [3.8, 4) is 11.5 Å². The molecule has 0 aliphatic heterocycles. The van der Waals surface area contributed by atoms with E-state index < -0.39 is 6.10 Å². The Kier molecular flexibility index (Phi) is 5.12. The molecule has 1 rings (SSSR count). The molecule has 0 fully saturated rings. The summed E-state index contributed by atoms with van der Waals surface area (Å²) in [5, 5.41) is 18.9. The van der Waals surface area contributed by atoms with E-state index in [4.69, 9.17) is 4.74 Å². The fourth-order valence-electron chi connectivity index (χ4n) is 1.50. The number of likely N-dealkylation sites (N-methyl/N-ethyl adjacent to an activating group) is 1. The van der Waals surface area contributed by atoms with Gasteiger partial charge in [-0.05, 0) is 33.2 Å². The fourth-order valence-corrected chi connectivity index (χ4v) is 1.50. The Morgan fingerprint density at radius 2 is 2.11 bits per heavy atom. The number of aromatic hydroxyl groups is 1. The summed E-state index contributed by atoms with van der Waals surface area (Å²) in [6.07, 6.45) is -0.635. The van der Waals surface area contributed by atoms with Gasteiger partial charge in [0.05, 0.1) is 12.6 Å². The maximum atomic E-state index is 12.0. The molecule has 1 aromatic carbocycles. The number of aliphatic hydroxyl groups excluding tert-OH is 1. The van der Waals surface area contributed by atoms with Crippen molar-refractivity contribution in [1.82, 2.24) is 4.90 Å². The Morgan fingerprint density at radius 1 is 1.44 bits per heavy atom. The summed E-state index contributed by atoms with van der Waals surface area (Å²) in [6, 6.07) is 4.64. The highest BCUT2D eigenvalue weighted by Crippen LogP contribution is 2.28. The number of phenolic OH excluding ortho intramolecular Hbond substituents is 1. The number of nitrogens with zero attached hydrogens (tertiary/aromatic N) is 1. The molecule has 2 N–H and O–H groups in total. The Balaban J connectivity index is 2.96. The molecule has 0 aliphatic rings. The van der Waals surface area contributed by atoms with E-state index >= 15 is 0 Å². The van der Waals surface area contributed by atoms with Crippen molar-refractivity contribution in [2.75, 3.05) is 27.2 Å². The molecule has 0 spiro atoms. The van der Waals surface area contributed by atoms with Crippen LogP contribution >= 0.6 is 0 Å². The number of carbonyl (C=O) groups excluding carboxylic acids is 1. The second kappa shape index (κ2) is 6.37. The minimum Gasteiger partial charge on any atom is -0.507 e. The molecule has 0 aliphatic carbocycles. The number of aliphatic hydroxyl groups is 1. The number of ether oxygens (including phenoxy) is 1. The largest absolute Gasteiger partial charge is 0.507 e. The minimum absolute atomic E-state index is 0.0751. The Labute approximate surface area is 107 Å². The summed E-state index contributed by atoms with van der Waals surface area (Å²) < 4.78 is 5.33. The van der Waals surface area contributed by atoms with Crippen LogP contribution in [0.5, 0.6) is 11.5 Å². The predicted molar refractivity (Wildman–Crippen MR) is 68.2 cm³/mol. The van der Waals surface area contributed by atoms with E-state index in [1.165, 1.54) is 6.07 Å². The lowest BCUT2D eigenvalue weighted by Gasteiger charge is -2.15. The molecule has 0 aromatic heterocycles. The van der Waals surface area contributed by atoms with E-state index in [1.807, 2.05) is 0 Å². The summed E-state index contributed by atoms with van der Waals surface area (Å²) in [5.41, 5.74) is 0.159. The first kappa shape index (κ1) is 14.5. The fraction of sp³-hybridized carbons (Fsp3) is 0.462. The maximum Gasteiger partial charge on any atom is 0.184 e. The smallest absolute Gasteiger partial charge is 0.184 e. The first-order chi connectivity index (χ1) is 8.41.